The number of rotatable bonds is 5. The molecule has 1 aromatic carbocycles. The van der Waals surface area contributed by atoms with E-state index >= 15 is 0 Å². The number of carbonyl (C=O) groups is 1. The summed E-state index contributed by atoms with van der Waals surface area (Å²) in [6.07, 6.45) is 3.45. The van der Waals surface area contributed by atoms with Gasteiger partial charge in [-0.05, 0) is 62.2 Å². The van der Waals surface area contributed by atoms with Crippen LogP contribution in [0.2, 0.25) is 0 Å². The van der Waals surface area contributed by atoms with Gasteiger partial charge in [0, 0.05) is 24.8 Å². The Labute approximate surface area is 168 Å². The van der Waals surface area contributed by atoms with Gasteiger partial charge in [0.2, 0.25) is 5.91 Å². The zero-order valence-corrected chi connectivity index (χ0v) is 16.3. The van der Waals surface area contributed by atoms with Gasteiger partial charge in [-0.25, -0.2) is 14.4 Å². The molecule has 7 heteroatoms. The number of piperidine rings is 1. The first-order valence-electron chi connectivity index (χ1n) is 9.75. The van der Waals surface area contributed by atoms with Crippen molar-refractivity contribution in [2.24, 2.45) is 5.92 Å². The molecule has 1 aliphatic heterocycles. The van der Waals surface area contributed by atoms with Crippen LogP contribution in [0.4, 0.5) is 10.2 Å². The number of hydrogen-bond donors (Lipinski definition) is 1. The van der Waals surface area contributed by atoms with Crippen LogP contribution in [0.3, 0.4) is 0 Å². The average molecular weight is 394 g/mol. The van der Waals surface area contributed by atoms with Crippen LogP contribution in [-0.4, -0.2) is 29.0 Å². The summed E-state index contributed by atoms with van der Waals surface area (Å²) in [4.78, 5) is 23.7. The number of halogens is 1. The van der Waals surface area contributed by atoms with Gasteiger partial charge in [0.25, 0.3) is 0 Å². The number of carbonyl (C=O) groups excluding carboxylic acids is 1. The number of hydrogen-bond acceptors (Lipinski definition) is 5. The zero-order valence-electron chi connectivity index (χ0n) is 16.3. The molecule has 1 fully saturated rings. The average Bonchev–Trinajstić information content (AvgIpc) is 3.18. The number of aryl methyl sites for hydroxylation is 1. The van der Waals surface area contributed by atoms with Crippen molar-refractivity contribution in [1.29, 1.82) is 0 Å². The minimum absolute atomic E-state index is 0.0246. The van der Waals surface area contributed by atoms with Gasteiger partial charge < -0.3 is 14.6 Å². The maximum Gasteiger partial charge on any atom is 0.225 e. The standard InChI is InChI=1S/C22H23FN4O2/c1-15-4-9-19(29-15)13-25-22(28)17-3-2-12-27(14-17)20-10-11-24-21(26-20)16-5-7-18(23)8-6-16/h4-11,17H,2-3,12-14H2,1H3,(H,25,28). The second-order valence-corrected chi connectivity index (χ2v) is 7.26. The summed E-state index contributed by atoms with van der Waals surface area (Å²) in [6.45, 7) is 3.71. The van der Waals surface area contributed by atoms with Gasteiger partial charge in [0.1, 0.15) is 23.2 Å². The van der Waals surface area contributed by atoms with Crippen LogP contribution >= 0.6 is 0 Å². The molecule has 1 saturated heterocycles. The van der Waals surface area contributed by atoms with Crippen molar-refractivity contribution < 1.29 is 13.6 Å². The highest BCUT2D eigenvalue weighted by Gasteiger charge is 2.26. The molecule has 1 unspecified atom stereocenters. The first kappa shape index (κ1) is 19.1. The molecule has 0 bridgehead atoms. The van der Waals surface area contributed by atoms with E-state index in [4.69, 9.17) is 4.42 Å². The SMILES string of the molecule is Cc1ccc(CNC(=O)C2CCCN(c3ccnc(-c4ccc(F)cc4)n3)C2)o1. The second kappa shape index (κ2) is 8.43. The smallest absolute Gasteiger partial charge is 0.225 e. The van der Waals surface area contributed by atoms with Gasteiger partial charge in [0.05, 0.1) is 12.5 Å². The lowest BCUT2D eigenvalue weighted by atomic mass is 9.97. The van der Waals surface area contributed by atoms with Gasteiger partial charge in [-0.2, -0.15) is 0 Å². The molecule has 150 valence electrons. The summed E-state index contributed by atoms with van der Waals surface area (Å²) in [5, 5.41) is 2.97. The summed E-state index contributed by atoms with van der Waals surface area (Å²) >= 11 is 0. The number of nitrogens with zero attached hydrogens (tertiary/aromatic N) is 3. The molecule has 3 aromatic rings. The molecule has 0 spiro atoms. The lowest BCUT2D eigenvalue weighted by Crippen LogP contribution is -2.43. The Balaban J connectivity index is 1.42. The minimum Gasteiger partial charge on any atom is -0.465 e. The first-order chi connectivity index (χ1) is 14.1. The van der Waals surface area contributed by atoms with E-state index in [1.807, 2.05) is 25.1 Å². The summed E-state index contributed by atoms with van der Waals surface area (Å²) in [5.74, 6) is 2.53. The summed E-state index contributed by atoms with van der Waals surface area (Å²) in [7, 11) is 0. The number of benzene rings is 1. The summed E-state index contributed by atoms with van der Waals surface area (Å²) in [6, 6.07) is 11.7. The third-order valence-corrected chi connectivity index (χ3v) is 5.09. The van der Waals surface area contributed by atoms with E-state index in [1.165, 1.54) is 12.1 Å². The van der Waals surface area contributed by atoms with E-state index in [0.29, 0.717) is 18.9 Å². The number of anilines is 1. The molecule has 3 heterocycles. The van der Waals surface area contributed by atoms with E-state index < -0.39 is 0 Å². The van der Waals surface area contributed by atoms with Crippen molar-refractivity contribution in [2.75, 3.05) is 18.0 Å². The molecule has 4 rings (SSSR count). The highest BCUT2D eigenvalue weighted by Crippen LogP contribution is 2.24. The minimum atomic E-state index is -0.292. The van der Waals surface area contributed by atoms with Crippen LogP contribution in [0, 0.1) is 18.7 Å². The maximum absolute atomic E-state index is 13.2. The topological polar surface area (TPSA) is 71.3 Å². The molecular weight excluding hydrogens is 371 g/mol. The van der Waals surface area contributed by atoms with Gasteiger partial charge >= 0.3 is 0 Å². The predicted octanol–water partition coefficient (Wildman–Crippen LogP) is 3.72. The molecule has 0 aliphatic carbocycles. The van der Waals surface area contributed by atoms with Crippen LogP contribution in [0.25, 0.3) is 11.4 Å². The third kappa shape index (κ3) is 4.62. The number of aromatic nitrogens is 2. The van der Waals surface area contributed by atoms with E-state index in [0.717, 1.165) is 42.3 Å². The predicted molar refractivity (Wildman–Crippen MR) is 108 cm³/mol. The van der Waals surface area contributed by atoms with Crippen molar-refractivity contribution in [3.05, 3.63) is 66.0 Å². The van der Waals surface area contributed by atoms with Crippen LogP contribution in [0.15, 0.2) is 53.1 Å². The van der Waals surface area contributed by atoms with Crippen LogP contribution < -0.4 is 10.2 Å². The van der Waals surface area contributed by atoms with Crippen molar-refractivity contribution in [3.8, 4) is 11.4 Å². The summed E-state index contributed by atoms with van der Waals surface area (Å²) < 4.78 is 18.7. The molecule has 6 nitrogen and oxygen atoms in total. The zero-order chi connectivity index (χ0) is 20.2. The highest BCUT2D eigenvalue weighted by molar-refractivity contribution is 5.79. The van der Waals surface area contributed by atoms with Crippen molar-refractivity contribution >= 4 is 11.7 Å². The lowest BCUT2D eigenvalue weighted by Gasteiger charge is -2.32. The van der Waals surface area contributed by atoms with Crippen molar-refractivity contribution in [3.63, 3.8) is 0 Å². The first-order valence-corrected chi connectivity index (χ1v) is 9.75. The molecule has 1 amide bonds. The van der Waals surface area contributed by atoms with Gasteiger partial charge in [-0.15, -0.1) is 0 Å². The van der Waals surface area contributed by atoms with E-state index in [9.17, 15) is 9.18 Å². The van der Waals surface area contributed by atoms with Gasteiger partial charge in [0.15, 0.2) is 5.82 Å². The Kier molecular flexibility index (Phi) is 5.55. The molecule has 1 N–H and O–H groups in total. The molecule has 29 heavy (non-hydrogen) atoms. The Morgan fingerprint density at radius 2 is 2.07 bits per heavy atom. The van der Waals surface area contributed by atoms with Gasteiger partial charge in [-0.3, -0.25) is 4.79 Å². The fourth-order valence-electron chi connectivity index (χ4n) is 3.56. The quantitative estimate of drug-likeness (QED) is 0.714. The van der Waals surface area contributed by atoms with E-state index in [2.05, 4.69) is 20.2 Å². The second-order valence-electron chi connectivity index (χ2n) is 7.26. The normalized spacial score (nSPS) is 16.6. The van der Waals surface area contributed by atoms with Crippen LogP contribution in [-0.2, 0) is 11.3 Å². The lowest BCUT2D eigenvalue weighted by molar-refractivity contribution is -0.125. The van der Waals surface area contributed by atoms with Gasteiger partial charge in [-0.1, -0.05) is 0 Å². The van der Waals surface area contributed by atoms with E-state index in [1.54, 1.807) is 18.3 Å². The molecule has 1 atom stereocenters. The van der Waals surface area contributed by atoms with Crippen molar-refractivity contribution in [1.82, 2.24) is 15.3 Å². The maximum atomic E-state index is 13.2. The molecular formula is C22H23FN4O2. The molecule has 0 saturated carbocycles. The monoisotopic (exact) mass is 394 g/mol. The fourth-order valence-corrected chi connectivity index (χ4v) is 3.56. The summed E-state index contributed by atoms with van der Waals surface area (Å²) in [5.41, 5.74) is 0.758. The Morgan fingerprint density at radius 3 is 2.83 bits per heavy atom. The van der Waals surface area contributed by atoms with E-state index in [-0.39, 0.29) is 17.6 Å². The number of nitrogens with one attached hydrogen (secondary N) is 1. The number of furan rings is 1. The van der Waals surface area contributed by atoms with Crippen LogP contribution in [0.5, 0.6) is 0 Å². The molecule has 2 aromatic heterocycles. The Hall–Kier alpha value is -3.22. The van der Waals surface area contributed by atoms with Crippen molar-refractivity contribution in [2.45, 2.75) is 26.3 Å². The third-order valence-electron chi connectivity index (χ3n) is 5.09. The van der Waals surface area contributed by atoms with Crippen LogP contribution in [0.1, 0.15) is 24.4 Å². The fraction of sp³-hybridized carbons (Fsp3) is 0.318. The Bertz CT molecular complexity index is 986. The Morgan fingerprint density at radius 1 is 1.24 bits per heavy atom. The molecule has 1 aliphatic rings. The number of amides is 1. The largest absolute Gasteiger partial charge is 0.465 e. The molecule has 0 radical (unpaired) electrons. The highest BCUT2D eigenvalue weighted by atomic mass is 19.1.